The molecule has 1 heterocycles. The minimum atomic E-state index is -1.11. The molecule has 2 amide bonds. The SMILES string of the molecule is CN(C)c1ccc2c(c1)Sc1c(ccc(N(C)C)c1C(=O)Nc1ccccc1)N2CNC(=O)O. The van der Waals surface area contributed by atoms with Crippen LogP contribution in [0.2, 0.25) is 0 Å². The fourth-order valence-corrected chi connectivity index (χ4v) is 5.09. The van der Waals surface area contributed by atoms with Gasteiger partial charge in [-0.1, -0.05) is 30.0 Å². The van der Waals surface area contributed by atoms with Gasteiger partial charge in [0.25, 0.3) is 5.91 Å². The summed E-state index contributed by atoms with van der Waals surface area (Å²) in [6.45, 7) is 0.0538. The van der Waals surface area contributed by atoms with Crippen LogP contribution in [0.4, 0.5) is 33.2 Å². The van der Waals surface area contributed by atoms with Crippen molar-refractivity contribution in [1.29, 1.82) is 0 Å². The van der Waals surface area contributed by atoms with Crippen molar-refractivity contribution >= 4 is 52.2 Å². The molecule has 0 aromatic heterocycles. The molecule has 1 aliphatic rings. The standard InChI is InChI=1S/C25H27N5O3S/c1-28(2)17-10-11-18-21(14-17)34-23-20(30(18)15-26-25(32)33)13-12-19(29(3)4)22(23)24(31)27-16-8-6-5-7-9-16/h5-14,26H,15H2,1-4H3,(H,27,31)(H,32,33). The second-order valence-corrected chi connectivity index (χ2v) is 9.29. The Labute approximate surface area is 203 Å². The molecule has 3 N–H and O–H groups in total. The van der Waals surface area contributed by atoms with Crippen LogP contribution >= 0.6 is 11.8 Å². The molecule has 0 atom stereocenters. The van der Waals surface area contributed by atoms with Crippen LogP contribution in [-0.2, 0) is 0 Å². The number of anilines is 5. The molecule has 176 valence electrons. The second-order valence-electron chi connectivity index (χ2n) is 8.24. The number of para-hydroxylation sites is 1. The normalized spacial score (nSPS) is 11.8. The van der Waals surface area contributed by atoms with E-state index in [1.54, 1.807) is 0 Å². The highest BCUT2D eigenvalue weighted by molar-refractivity contribution is 7.99. The Morgan fingerprint density at radius 1 is 0.941 bits per heavy atom. The van der Waals surface area contributed by atoms with Crippen molar-refractivity contribution in [1.82, 2.24) is 5.32 Å². The number of carbonyl (C=O) groups is 2. The van der Waals surface area contributed by atoms with Crippen LogP contribution in [0, 0.1) is 0 Å². The van der Waals surface area contributed by atoms with Crippen molar-refractivity contribution in [3.63, 3.8) is 0 Å². The summed E-state index contributed by atoms with van der Waals surface area (Å²) in [5.74, 6) is -0.224. The molecular formula is C25H27N5O3S. The average molecular weight is 478 g/mol. The zero-order valence-electron chi connectivity index (χ0n) is 19.5. The summed E-state index contributed by atoms with van der Waals surface area (Å²) in [7, 11) is 7.73. The summed E-state index contributed by atoms with van der Waals surface area (Å²) in [4.78, 5) is 32.4. The largest absolute Gasteiger partial charge is 0.465 e. The monoisotopic (exact) mass is 477 g/mol. The summed E-state index contributed by atoms with van der Waals surface area (Å²) in [6.07, 6.45) is -1.11. The van der Waals surface area contributed by atoms with Gasteiger partial charge < -0.3 is 30.4 Å². The third-order valence-electron chi connectivity index (χ3n) is 5.50. The molecule has 0 spiro atoms. The lowest BCUT2D eigenvalue weighted by molar-refractivity contribution is 0.102. The maximum Gasteiger partial charge on any atom is 0.406 e. The van der Waals surface area contributed by atoms with Crippen molar-refractivity contribution < 1.29 is 14.7 Å². The Morgan fingerprint density at radius 3 is 2.29 bits per heavy atom. The summed E-state index contributed by atoms with van der Waals surface area (Å²) in [5.41, 5.74) is 4.68. The van der Waals surface area contributed by atoms with E-state index in [1.807, 2.05) is 97.5 Å². The van der Waals surface area contributed by atoms with Crippen LogP contribution in [-0.4, -0.2) is 52.0 Å². The Hall–Kier alpha value is -3.85. The van der Waals surface area contributed by atoms with Gasteiger partial charge in [-0.15, -0.1) is 0 Å². The molecule has 0 saturated carbocycles. The number of amides is 2. The molecule has 8 nitrogen and oxygen atoms in total. The van der Waals surface area contributed by atoms with Gasteiger partial charge in [-0.3, -0.25) is 4.79 Å². The van der Waals surface area contributed by atoms with E-state index in [0.29, 0.717) is 11.3 Å². The van der Waals surface area contributed by atoms with E-state index in [-0.39, 0.29) is 12.6 Å². The van der Waals surface area contributed by atoms with Gasteiger partial charge in [-0.2, -0.15) is 0 Å². The lowest BCUT2D eigenvalue weighted by Gasteiger charge is -2.35. The first-order valence-corrected chi connectivity index (χ1v) is 11.5. The Morgan fingerprint density at radius 2 is 1.65 bits per heavy atom. The Bertz CT molecular complexity index is 1230. The minimum Gasteiger partial charge on any atom is -0.465 e. The van der Waals surface area contributed by atoms with E-state index in [0.717, 1.165) is 32.5 Å². The van der Waals surface area contributed by atoms with Crippen molar-refractivity contribution in [3.05, 3.63) is 66.2 Å². The molecule has 0 aliphatic carbocycles. The summed E-state index contributed by atoms with van der Waals surface area (Å²) in [5, 5.41) is 14.7. The number of nitrogens with one attached hydrogen (secondary N) is 2. The van der Waals surface area contributed by atoms with E-state index >= 15 is 0 Å². The summed E-state index contributed by atoms with van der Waals surface area (Å²) < 4.78 is 0. The number of nitrogens with zero attached hydrogens (tertiary/aromatic N) is 3. The first-order valence-electron chi connectivity index (χ1n) is 10.7. The van der Waals surface area contributed by atoms with Crippen molar-refractivity contribution in [2.24, 2.45) is 0 Å². The van der Waals surface area contributed by atoms with Gasteiger partial charge in [0.15, 0.2) is 0 Å². The third-order valence-corrected chi connectivity index (χ3v) is 6.66. The molecule has 3 aromatic carbocycles. The van der Waals surface area contributed by atoms with E-state index in [9.17, 15) is 14.7 Å². The first kappa shape index (κ1) is 23.3. The molecular weight excluding hydrogens is 450 g/mol. The number of fused-ring (bicyclic) bond motifs is 2. The fourth-order valence-electron chi connectivity index (χ4n) is 3.83. The number of rotatable bonds is 6. The van der Waals surface area contributed by atoms with Crippen LogP contribution in [0.15, 0.2) is 70.5 Å². The van der Waals surface area contributed by atoms with Crippen LogP contribution < -0.4 is 25.3 Å². The maximum absolute atomic E-state index is 13.6. The van der Waals surface area contributed by atoms with Crippen LogP contribution in [0.25, 0.3) is 0 Å². The second kappa shape index (κ2) is 9.56. The van der Waals surface area contributed by atoms with Gasteiger partial charge >= 0.3 is 6.09 Å². The average Bonchev–Trinajstić information content (AvgIpc) is 2.80. The van der Waals surface area contributed by atoms with Gasteiger partial charge in [0, 0.05) is 44.5 Å². The predicted molar refractivity (Wildman–Crippen MR) is 138 cm³/mol. The highest BCUT2D eigenvalue weighted by Gasteiger charge is 2.30. The molecule has 0 fully saturated rings. The zero-order chi connectivity index (χ0) is 24.4. The lowest BCUT2D eigenvalue weighted by atomic mass is 10.1. The van der Waals surface area contributed by atoms with E-state index in [2.05, 4.69) is 16.7 Å². The van der Waals surface area contributed by atoms with Crippen molar-refractivity contribution in [2.75, 3.05) is 54.9 Å². The van der Waals surface area contributed by atoms with E-state index in [4.69, 9.17) is 0 Å². The summed E-state index contributed by atoms with van der Waals surface area (Å²) >= 11 is 1.52. The van der Waals surface area contributed by atoms with Gasteiger partial charge in [-0.25, -0.2) is 4.79 Å². The lowest BCUT2D eigenvalue weighted by Crippen LogP contribution is -2.36. The zero-order valence-corrected chi connectivity index (χ0v) is 20.3. The van der Waals surface area contributed by atoms with Crippen molar-refractivity contribution in [3.8, 4) is 0 Å². The smallest absolute Gasteiger partial charge is 0.406 e. The number of hydrogen-bond acceptors (Lipinski definition) is 6. The van der Waals surface area contributed by atoms with Crippen LogP contribution in [0.5, 0.6) is 0 Å². The summed E-state index contributed by atoms with van der Waals surface area (Å²) in [6, 6.07) is 19.2. The molecule has 34 heavy (non-hydrogen) atoms. The van der Waals surface area contributed by atoms with Gasteiger partial charge in [-0.05, 0) is 42.5 Å². The fraction of sp³-hybridized carbons (Fsp3) is 0.200. The van der Waals surface area contributed by atoms with Crippen LogP contribution in [0.3, 0.4) is 0 Å². The maximum atomic E-state index is 13.6. The Balaban J connectivity index is 1.86. The molecule has 0 unspecified atom stereocenters. The van der Waals surface area contributed by atoms with Gasteiger partial charge in [0.05, 0.1) is 34.2 Å². The molecule has 4 rings (SSSR count). The molecule has 3 aromatic rings. The number of benzene rings is 3. The molecule has 0 bridgehead atoms. The quantitative estimate of drug-likeness (QED) is 0.465. The highest BCUT2D eigenvalue weighted by atomic mass is 32.2. The van der Waals surface area contributed by atoms with Crippen molar-refractivity contribution in [2.45, 2.75) is 9.79 Å². The van der Waals surface area contributed by atoms with Gasteiger partial charge in [0.2, 0.25) is 0 Å². The third kappa shape index (κ3) is 4.60. The number of hydrogen-bond donors (Lipinski definition) is 3. The number of carbonyl (C=O) groups excluding carboxylic acids is 1. The van der Waals surface area contributed by atoms with Crippen LogP contribution in [0.1, 0.15) is 10.4 Å². The van der Waals surface area contributed by atoms with E-state index < -0.39 is 6.09 Å². The molecule has 0 radical (unpaired) electrons. The molecule has 9 heteroatoms. The highest BCUT2D eigenvalue weighted by Crippen LogP contribution is 2.52. The number of carboxylic acid groups (broad SMARTS) is 1. The predicted octanol–water partition coefficient (Wildman–Crippen LogP) is 4.90. The first-order chi connectivity index (χ1) is 16.3. The molecule has 1 aliphatic heterocycles. The Kier molecular flexibility index (Phi) is 6.56. The minimum absolute atomic E-state index is 0.0538. The van der Waals surface area contributed by atoms with E-state index in [1.165, 1.54) is 11.8 Å². The molecule has 0 saturated heterocycles. The topological polar surface area (TPSA) is 88.2 Å². The van der Waals surface area contributed by atoms with Gasteiger partial charge in [0.1, 0.15) is 0 Å².